The number of thiophene rings is 1. The van der Waals surface area contributed by atoms with Gasteiger partial charge in [0.25, 0.3) is 0 Å². The first-order valence-electron chi connectivity index (χ1n) is 8.86. The van der Waals surface area contributed by atoms with Crippen molar-refractivity contribution < 1.29 is 9.53 Å². The number of carbonyl (C=O) groups excluding carboxylic acids is 1. The van der Waals surface area contributed by atoms with Gasteiger partial charge >= 0.3 is 0 Å². The van der Waals surface area contributed by atoms with Crippen molar-refractivity contribution in [3.05, 3.63) is 51.7 Å². The van der Waals surface area contributed by atoms with Gasteiger partial charge in [0.15, 0.2) is 0 Å². The van der Waals surface area contributed by atoms with Crippen molar-refractivity contribution in [3.8, 4) is 10.6 Å². The van der Waals surface area contributed by atoms with E-state index in [0.717, 1.165) is 21.8 Å². The van der Waals surface area contributed by atoms with E-state index in [0.29, 0.717) is 42.0 Å². The molecule has 0 saturated heterocycles. The molecule has 0 unspecified atom stereocenters. The largest absolute Gasteiger partial charge is 0.397 e. The van der Waals surface area contributed by atoms with E-state index in [1.807, 2.05) is 29.1 Å². The van der Waals surface area contributed by atoms with Gasteiger partial charge in [-0.25, -0.2) is 4.98 Å². The molecule has 3 aromatic rings. The van der Waals surface area contributed by atoms with E-state index >= 15 is 0 Å². The van der Waals surface area contributed by atoms with Crippen LogP contribution in [0.1, 0.15) is 17.0 Å². The van der Waals surface area contributed by atoms with Crippen LogP contribution in [-0.2, 0) is 35.6 Å². The molecule has 1 amide bonds. The summed E-state index contributed by atoms with van der Waals surface area (Å²) in [5.41, 5.74) is 9.95. The molecule has 0 atom stereocenters. The van der Waals surface area contributed by atoms with Crippen LogP contribution in [0.15, 0.2) is 30.5 Å². The Morgan fingerprint density at radius 3 is 2.89 bits per heavy atom. The number of nitrogens with two attached hydrogens (primary N) is 1. The van der Waals surface area contributed by atoms with E-state index in [4.69, 9.17) is 22.1 Å². The maximum Gasteiger partial charge on any atom is 0.229 e. The van der Waals surface area contributed by atoms with Gasteiger partial charge in [-0.1, -0.05) is 11.6 Å². The van der Waals surface area contributed by atoms with Crippen molar-refractivity contribution in [1.29, 1.82) is 0 Å². The van der Waals surface area contributed by atoms with Crippen LogP contribution in [0.2, 0.25) is 4.34 Å². The Labute approximate surface area is 171 Å². The normalized spacial score (nSPS) is 13.1. The number of amides is 1. The predicted octanol–water partition coefficient (Wildman–Crippen LogP) is 2.97. The Hall–Kier alpha value is -2.42. The molecule has 0 fully saturated rings. The number of rotatable bonds is 6. The van der Waals surface area contributed by atoms with E-state index in [9.17, 15) is 4.79 Å². The number of anilines is 1. The molecule has 9 heteroatoms. The second kappa shape index (κ2) is 7.90. The van der Waals surface area contributed by atoms with Crippen molar-refractivity contribution in [3.63, 3.8) is 0 Å². The zero-order valence-corrected chi connectivity index (χ0v) is 17.0. The second-order valence-corrected chi connectivity index (χ2v) is 8.33. The highest BCUT2D eigenvalue weighted by molar-refractivity contribution is 7.19. The first-order valence-corrected chi connectivity index (χ1v) is 10.1. The van der Waals surface area contributed by atoms with E-state index in [2.05, 4.69) is 10.1 Å². The Morgan fingerprint density at radius 2 is 2.18 bits per heavy atom. The van der Waals surface area contributed by atoms with Crippen LogP contribution in [0.4, 0.5) is 5.69 Å². The SMILES string of the molecule is COCCn1cc2c(n1)CN(C(=O)Cc1nc(-c3ccc(Cl)s3)ccc1N)C2. The summed E-state index contributed by atoms with van der Waals surface area (Å²) in [6, 6.07) is 7.38. The number of carbonyl (C=O) groups is 1. The zero-order valence-electron chi connectivity index (χ0n) is 15.4. The van der Waals surface area contributed by atoms with Crippen molar-refractivity contribution in [2.24, 2.45) is 0 Å². The summed E-state index contributed by atoms with van der Waals surface area (Å²) < 4.78 is 7.64. The fourth-order valence-electron chi connectivity index (χ4n) is 3.18. The molecule has 0 bridgehead atoms. The lowest BCUT2D eigenvalue weighted by Gasteiger charge is -2.16. The van der Waals surface area contributed by atoms with Crippen molar-refractivity contribution in [2.45, 2.75) is 26.1 Å². The van der Waals surface area contributed by atoms with Gasteiger partial charge < -0.3 is 15.4 Å². The Bertz CT molecular complexity index is 992. The smallest absolute Gasteiger partial charge is 0.229 e. The molecule has 0 aliphatic carbocycles. The molecular weight excluding hydrogens is 398 g/mol. The number of aromatic nitrogens is 3. The number of hydrogen-bond donors (Lipinski definition) is 1. The van der Waals surface area contributed by atoms with Crippen LogP contribution < -0.4 is 5.73 Å². The highest BCUT2D eigenvalue weighted by atomic mass is 35.5. The molecule has 4 rings (SSSR count). The van der Waals surface area contributed by atoms with E-state index in [-0.39, 0.29) is 12.3 Å². The summed E-state index contributed by atoms with van der Waals surface area (Å²) in [6.45, 7) is 2.38. The maximum atomic E-state index is 12.8. The van der Waals surface area contributed by atoms with Crippen LogP contribution in [0.3, 0.4) is 0 Å². The molecule has 2 N–H and O–H groups in total. The molecule has 7 nitrogen and oxygen atoms in total. The predicted molar refractivity (Wildman–Crippen MR) is 109 cm³/mol. The van der Waals surface area contributed by atoms with Crippen LogP contribution in [0.5, 0.6) is 0 Å². The zero-order chi connectivity index (χ0) is 19.7. The number of nitrogens with zero attached hydrogens (tertiary/aromatic N) is 4. The summed E-state index contributed by atoms with van der Waals surface area (Å²) in [5, 5.41) is 4.53. The first kappa shape index (κ1) is 18.9. The van der Waals surface area contributed by atoms with Crippen LogP contribution >= 0.6 is 22.9 Å². The lowest BCUT2D eigenvalue weighted by atomic mass is 10.2. The van der Waals surface area contributed by atoms with Gasteiger partial charge in [-0.2, -0.15) is 5.10 Å². The molecule has 4 heterocycles. The molecule has 0 saturated carbocycles. The highest BCUT2D eigenvalue weighted by Gasteiger charge is 2.27. The van der Waals surface area contributed by atoms with Gasteiger partial charge in [0.1, 0.15) is 0 Å². The summed E-state index contributed by atoms with van der Waals surface area (Å²) >= 11 is 7.46. The lowest BCUT2D eigenvalue weighted by molar-refractivity contribution is -0.131. The van der Waals surface area contributed by atoms with Crippen molar-refractivity contribution in [2.75, 3.05) is 19.5 Å². The van der Waals surface area contributed by atoms with Gasteiger partial charge in [0, 0.05) is 25.4 Å². The van der Waals surface area contributed by atoms with Crippen LogP contribution in [-0.4, -0.2) is 39.3 Å². The molecule has 0 spiro atoms. The molecule has 1 aliphatic rings. The van der Waals surface area contributed by atoms with E-state index in [1.165, 1.54) is 11.3 Å². The third kappa shape index (κ3) is 3.89. The third-order valence-electron chi connectivity index (χ3n) is 4.66. The molecular formula is C19H20ClN5O2S. The van der Waals surface area contributed by atoms with Gasteiger partial charge in [-0.3, -0.25) is 9.48 Å². The number of pyridine rings is 1. The molecule has 146 valence electrons. The van der Waals surface area contributed by atoms with Crippen LogP contribution in [0.25, 0.3) is 10.6 Å². The number of ether oxygens (including phenoxy) is 1. The van der Waals surface area contributed by atoms with Crippen LogP contribution in [0, 0.1) is 0 Å². The van der Waals surface area contributed by atoms with Gasteiger partial charge in [-0.05, 0) is 24.3 Å². The quantitative estimate of drug-likeness (QED) is 0.666. The second-order valence-electron chi connectivity index (χ2n) is 6.62. The number of fused-ring (bicyclic) bond motifs is 1. The number of methoxy groups -OCH3 is 1. The number of hydrogen-bond acceptors (Lipinski definition) is 6. The number of halogens is 1. The average Bonchev–Trinajstić information content (AvgIpc) is 3.36. The van der Waals surface area contributed by atoms with E-state index in [1.54, 1.807) is 18.1 Å². The minimum atomic E-state index is -0.0120. The molecule has 0 radical (unpaired) electrons. The lowest BCUT2D eigenvalue weighted by Crippen LogP contribution is -2.28. The van der Waals surface area contributed by atoms with Gasteiger partial charge in [0.2, 0.25) is 5.91 Å². The summed E-state index contributed by atoms with van der Waals surface area (Å²) in [6.07, 6.45) is 2.14. The Kier molecular flexibility index (Phi) is 5.34. The fourth-order valence-corrected chi connectivity index (χ4v) is 4.20. The Morgan fingerprint density at radius 1 is 1.32 bits per heavy atom. The molecule has 28 heavy (non-hydrogen) atoms. The van der Waals surface area contributed by atoms with Crippen molar-refractivity contribution in [1.82, 2.24) is 19.7 Å². The van der Waals surface area contributed by atoms with Gasteiger partial charge in [0.05, 0.1) is 58.1 Å². The minimum absolute atomic E-state index is 0.0120. The maximum absolute atomic E-state index is 12.8. The van der Waals surface area contributed by atoms with Gasteiger partial charge in [-0.15, -0.1) is 11.3 Å². The molecule has 1 aliphatic heterocycles. The standard InChI is InChI=1S/C19H20ClN5O2S/c1-27-7-6-25-10-12-9-24(11-16(12)23-25)19(26)8-15-13(21)2-3-14(22-15)17-4-5-18(20)28-17/h2-5,10H,6-9,11,21H2,1H3. The summed E-state index contributed by atoms with van der Waals surface area (Å²) in [4.78, 5) is 20.1. The van der Waals surface area contributed by atoms with E-state index < -0.39 is 0 Å². The summed E-state index contributed by atoms with van der Waals surface area (Å²) in [7, 11) is 1.67. The monoisotopic (exact) mass is 417 g/mol. The molecule has 0 aromatic carbocycles. The fraction of sp³-hybridized carbons (Fsp3) is 0.316. The average molecular weight is 418 g/mol. The highest BCUT2D eigenvalue weighted by Crippen LogP contribution is 2.31. The summed E-state index contributed by atoms with van der Waals surface area (Å²) in [5.74, 6) is -0.0120. The first-order chi connectivity index (χ1) is 13.5. The molecule has 3 aromatic heterocycles. The third-order valence-corrected chi connectivity index (χ3v) is 5.91. The topological polar surface area (TPSA) is 86.3 Å². The number of nitrogen functional groups attached to an aromatic ring is 1. The minimum Gasteiger partial charge on any atom is -0.397 e. The Balaban J connectivity index is 1.44. The van der Waals surface area contributed by atoms with Crippen molar-refractivity contribution >= 4 is 34.5 Å².